The lowest BCUT2D eigenvalue weighted by atomic mass is 10.0. The van der Waals surface area contributed by atoms with E-state index in [1.165, 1.54) is 0 Å². The van der Waals surface area contributed by atoms with E-state index in [1.807, 2.05) is 18.2 Å². The maximum absolute atomic E-state index is 5.97. The molecule has 2 N–H and O–H groups in total. The van der Waals surface area contributed by atoms with E-state index < -0.39 is 0 Å². The molecule has 0 unspecified atom stereocenters. The van der Waals surface area contributed by atoms with Crippen LogP contribution >= 0.6 is 12.4 Å². The zero-order valence-corrected chi connectivity index (χ0v) is 10.4. The monoisotopic (exact) mass is 243 g/mol. The summed E-state index contributed by atoms with van der Waals surface area (Å²) in [5, 5.41) is 0. The third-order valence-electron chi connectivity index (χ3n) is 2.22. The molecule has 16 heavy (non-hydrogen) atoms. The fourth-order valence-electron chi connectivity index (χ4n) is 1.36. The van der Waals surface area contributed by atoms with E-state index in [9.17, 15) is 0 Å². The van der Waals surface area contributed by atoms with Crippen molar-refractivity contribution in [2.45, 2.75) is 12.5 Å². The molecule has 0 amide bonds. The summed E-state index contributed by atoms with van der Waals surface area (Å²) in [6, 6.07) is 5.59. The van der Waals surface area contributed by atoms with Gasteiger partial charge in [0.1, 0.15) is 11.5 Å². The van der Waals surface area contributed by atoms with Crippen molar-refractivity contribution >= 4 is 12.4 Å². The highest BCUT2D eigenvalue weighted by Gasteiger charge is 2.07. The molecule has 90 valence electrons. The van der Waals surface area contributed by atoms with Crippen LogP contribution in [0.4, 0.5) is 0 Å². The smallest absolute Gasteiger partial charge is 0.122 e. The van der Waals surface area contributed by atoms with Gasteiger partial charge in [-0.2, -0.15) is 0 Å². The molecule has 4 heteroatoms. The van der Waals surface area contributed by atoms with Crippen molar-refractivity contribution in [3.63, 3.8) is 0 Å². The van der Waals surface area contributed by atoms with E-state index in [2.05, 4.69) is 6.58 Å². The zero-order chi connectivity index (χ0) is 11.3. The Kier molecular flexibility index (Phi) is 6.61. The first-order valence-corrected chi connectivity index (χ1v) is 4.80. The molecule has 1 aromatic carbocycles. The maximum Gasteiger partial charge on any atom is 0.122 e. The minimum absolute atomic E-state index is 0. The molecule has 0 radical (unpaired) electrons. The lowest BCUT2D eigenvalue weighted by molar-refractivity contribution is 0.392. The maximum atomic E-state index is 5.97. The normalized spacial score (nSPS) is 11.2. The van der Waals surface area contributed by atoms with Gasteiger partial charge in [0, 0.05) is 12.1 Å². The second-order valence-electron chi connectivity index (χ2n) is 3.28. The number of rotatable bonds is 5. The van der Waals surface area contributed by atoms with E-state index in [-0.39, 0.29) is 18.4 Å². The minimum atomic E-state index is -0.0634. The molecule has 0 aliphatic carbocycles. The lowest BCUT2D eigenvalue weighted by Crippen LogP contribution is -2.09. The number of halogens is 1. The Morgan fingerprint density at radius 2 is 1.75 bits per heavy atom. The second-order valence-corrected chi connectivity index (χ2v) is 3.28. The summed E-state index contributed by atoms with van der Waals surface area (Å²) >= 11 is 0. The summed E-state index contributed by atoms with van der Waals surface area (Å²) in [7, 11) is 3.25. The van der Waals surface area contributed by atoms with Crippen LogP contribution in [0, 0.1) is 0 Å². The molecular formula is C12H18ClNO2. The second kappa shape index (κ2) is 7.14. The summed E-state index contributed by atoms with van der Waals surface area (Å²) in [5.74, 6) is 1.51. The van der Waals surface area contributed by atoms with E-state index >= 15 is 0 Å². The van der Waals surface area contributed by atoms with Crippen LogP contribution in [0.3, 0.4) is 0 Å². The van der Waals surface area contributed by atoms with Crippen LogP contribution in [0.5, 0.6) is 11.5 Å². The Hall–Kier alpha value is -1.19. The van der Waals surface area contributed by atoms with Crippen LogP contribution in [-0.4, -0.2) is 14.2 Å². The number of hydrogen-bond donors (Lipinski definition) is 1. The van der Waals surface area contributed by atoms with Gasteiger partial charge in [-0.1, -0.05) is 6.08 Å². The molecule has 0 aliphatic rings. The van der Waals surface area contributed by atoms with Gasteiger partial charge in [-0.05, 0) is 24.1 Å². The summed E-state index contributed by atoms with van der Waals surface area (Å²) < 4.78 is 10.3. The van der Waals surface area contributed by atoms with Gasteiger partial charge in [-0.15, -0.1) is 19.0 Å². The largest absolute Gasteiger partial charge is 0.497 e. The van der Waals surface area contributed by atoms with Crippen molar-refractivity contribution in [2.24, 2.45) is 5.73 Å². The first-order valence-electron chi connectivity index (χ1n) is 4.80. The summed E-state index contributed by atoms with van der Waals surface area (Å²) in [6.45, 7) is 3.67. The van der Waals surface area contributed by atoms with Gasteiger partial charge in [0.05, 0.1) is 14.2 Å². The Morgan fingerprint density at radius 3 is 2.12 bits per heavy atom. The molecule has 0 heterocycles. The summed E-state index contributed by atoms with van der Waals surface area (Å²) in [4.78, 5) is 0. The molecule has 0 saturated heterocycles. The highest BCUT2D eigenvalue weighted by Crippen LogP contribution is 2.26. The van der Waals surface area contributed by atoms with E-state index in [1.54, 1.807) is 20.3 Å². The van der Waals surface area contributed by atoms with Gasteiger partial charge < -0.3 is 15.2 Å². The molecule has 1 rings (SSSR count). The van der Waals surface area contributed by atoms with Crippen LogP contribution in [0.1, 0.15) is 18.0 Å². The molecule has 0 saturated carbocycles. The third-order valence-corrected chi connectivity index (χ3v) is 2.22. The van der Waals surface area contributed by atoms with Gasteiger partial charge in [0.25, 0.3) is 0 Å². The molecule has 0 bridgehead atoms. The van der Waals surface area contributed by atoms with Gasteiger partial charge in [-0.3, -0.25) is 0 Å². The van der Waals surface area contributed by atoms with E-state index in [4.69, 9.17) is 15.2 Å². The standard InChI is InChI=1S/C12H17NO2.ClH/c1-4-5-12(13)9-6-10(14-2)8-11(7-9)15-3;/h4,6-8,12H,1,5,13H2,2-3H3;1H/t12-;/m1./s1. The molecular weight excluding hydrogens is 226 g/mol. The van der Waals surface area contributed by atoms with Gasteiger partial charge in [-0.25, -0.2) is 0 Å². The molecule has 1 aromatic rings. The molecule has 0 spiro atoms. The van der Waals surface area contributed by atoms with Crippen LogP contribution in [0.25, 0.3) is 0 Å². The Labute approximate surface area is 103 Å². The zero-order valence-electron chi connectivity index (χ0n) is 9.60. The number of benzene rings is 1. The van der Waals surface area contributed by atoms with Crippen LogP contribution in [0.2, 0.25) is 0 Å². The van der Waals surface area contributed by atoms with Crippen molar-refractivity contribution < 1.29 is 9.47 Å². The molecule has 1 atom stereocenters. The van der Waals surface area contributed by atoms with Crippen LogP contribution < -0.4 is 15.2 Å². The highest BCUT2D eigenvalue weighted by molar-refractivity contribution is 5.85. The van der Waals surface area contributed by atoms with Crippen molar-refractivity contribution in [2.75, 3.05) is 14.2 Å². The van der Waals surface area contributed by atoms with E-state index in [0.29, 0.717) is 0 Å². The van der Waals surface area contributed by atoms with Crippen molar-refractivity contribution in [1.29, 1.82) is 0 Å². The van der Waals surface area contributed by atoms with Crippen molar-refractivity contribution in [3.05, 3.63) is 36.4 Å². The molecule has 0 fully saturated rings. The number of ether oxygens (including phenoxy) is 2. The minimum Gasteiger partial charge on any atom is -0.497 e. The number of nitrogens with two attached hydrogens (primary N) is 1. The van der Waals surface area contributed by atoms with Gasteiger partial charge in [0.2, 0.25) is 0 Å². The average Bonchev–Trinajstić information content (AvgIpc) is 2.28. The van der Waals surface area contributed by atoms with Crippen molar-refractivity contribution in [3.8, 4) is 11.5 Å². The third kappa shape index (κ3) is 3.76. The summed E-state index contributed by atoms with van der Waals surface area (Å²) in [6.07, 6.45) is 2.53. The molecule has 3 nitrogen and oxygen atoms in total. The number of hydrogen-bond acceptors (Lipinski definition) is 3. The van der Waals surface area contributed by atoms with E-state index in [0.717, 1.165) is 23.5 Å². The SMILES string of the molecule is C=CC[C@@H](N)c1cc(OC)cc(OC)c1.Cl. The predicted molar refractivity (Wildman–Crippen MR) is 68.5 cm³/mol. The fourth-order valence-corrected chi connectivity index (χ4v) is 1.36. The van der Waals surface area contributed by atoms with Gasteiger partial charge >= 0.3 is 0 Å². The van der Waals surface area contributed by atoms with Crippen molar-refractivity contribution in [1.82, 2.24) is 0 Å². The highest BCUT2D eigenvalue weighted by atomic mass is 35.5. The lowest BCUT2D eigenvalue weighted by Gasteiger charge is -2.13. The fraction of sp³-hybridized carbons (Fsp3) is 0.333. The summed E-state index contributed by atoms with van der Waals surface area (Å²) in [5.41, 5.74) is 6.96. The van der Waals surface area contributed by atoms with Gasteiger partial charge in [0.15, 0.2) is 0 Å². The van der Waals surface area contributed by atoms with Crippen LogP contribution in [-0.2, 0) is 0 Å². The average molecular weight is 244 g/mol. The quantitative estimate of drug-likeness (QED) is 0.809. The predicted octanol–water partition coefficient (Wildman–Crippen LogP) is 2.70. The Balaban J connectivity index is 0.00000225. The first-order chi connectivity index (χ1) is 7.21. The number of methoxy groups -OCH3 is 2. The molecule has 0 aliphatic heterocycles. The molecule has 0 aromatic heterocycles. The first kappa shape index (κ1) is 14.8. The Morgan fingerprint density at radius 1 is 1.25 bits per heavy atom. The van der Waals surface area contributed by atoms with Crippen LogP contribution in [0.15, 0.2) is 30.9 Å². The Bertz CT molecular complexity index is 320. The topological polar surface area (TPSA) is 44.5 Å².